The number of carbonyl (C=O) groups is 1. The van der Waals surface area contributed by atoms with Gasteiger partial charge in [-0.25, -0.2) is 4.79 Å². The van der Waals surface area contributed by atoms with Crippen LogP contribution in [0.15, 0.2) is 30.3 Å². The molecule has 1 aromatic carbocycles. The van der Waals surface area contributed by atoms with Crippen molar-refractivity contribution < 1.29 is 9.90 Å². The Labute approximate surface area is 139 Å². The molecule has 1 aliphatic carbocycles. The van der Waals surface area contributed by atoms with Gasteiger partial charge in [0.05, 0.1) is 0 Å². The van der Waals surface area contributed by atoms with E-state index in [1.54, 1.807) is 0 Å². The normalized spacial score (nSPS) is 22.3. The van der Waals surface area contributed by atoms with E-state index < -0.39 is 0 Å². The molecule has 2 amide bonds. The lowest BCUT2D eigenvalue weighted by atomic mass is 9.87. The van der Waals surface area contributed by atoms with Crippen LogP contribution >= 0.6 is 0 Å². The number of rotatable bonds is 7. The van der Waals surface area contributed by atoms with Crippen molar-refractivity contribution in [2.24, 2.45) is 5.92 Å². The third-order valence-electron chi connectivity index (χ3n) is 4.74. The van der Waals surface area contributed by atoms with Gasteiger partial charge in [-0.2, -0.15) is 0 Å². The first kappa shape index (κ1) is 17.8. The molecule has 3 N–H and O–H groups in total. The van der Waals surface area contributed by atoms with Crippen LogP contribution in [0.2, 0.25) is 0 Å². The molecule has 0 saturated heterocycles. The molecule has 1 unspecified atom stereocenters. The first-order valence-electron chi connectivity index (χ1n) is 8.93. The largest absolute Gasteiger partial charge is 0.396 e. The molecule has 0 spiro atoms. The summed E-state index contributed by atoms with van der Waals surface area (Å²) >= 11 is 0. The Balaban J connectivity index is 1.79. The maximum absolute atomic E-state index is 12.3. The van der Waals surface area contributed by atoms with Crippen molar-refractivity contribution in [3.8, 4) is 0 Å². The van der Waals surface area contributed by atoms with Crippen molar-refractivity contribution >= 4 is 6.03 Å². The number of hydrogen-bond donors (Lipinski definition) is 3. The van der Waals surface area contributed by atoms with Gasteiger partial charge in [-0.15, -0.1) is 0 Å². The van der Waals surface area contributed by atoms with Crippen LogP contribution in [0.4, 0.5) is 4.79 Å². The topological polar surface area (TPSA) is 61.4 Å². The predicted octanol–water partition coefficient (Wildman–Crippen LogP) is 3.25. The molecule has 1 saturated carbocycles. The number of carbonyl (C=O) groups excluding carboxylic acids is 1. The monoisotopic (exact) mass is 318 g/mol. The average molecular weight is 318 g/mol. The summed E-state index contributed by atoms with van der Waals surface area (Å²) < 4.78 is 0. The van der Waals surface area contributed by atoms with Crippen molar-refractivity contribution in [2.45, 2.75) is 64.0 Å². The zero-order valence-electron chi connectivity index (χ0n) is 14.1. The van der Waals surface area contributed by atoms with Gasteiger partial charge in [-0.1, -0.05) is 43.7 Å². The number of urea groups is 1. The van der Waals surface area contributed by atoms with Crippen LogP contribution in [-0.4, -0.2) is 29.8 Å². The van der Waals surface area contributed by atoms with Gasteiger partial charge in [-0.3, -0.25) is 0 Å². The van der Waals surface area contributed by atoms with Crippen molar-refractivity contribution in [3.63, 3.8) is 0 Å². The van der Waals surface area contributed by atoms with Crippen LogP contribution in [0.25, 0.3) is 0 Å². The first-order chi connectivity index (χ1) is 11.2. The van der Waals surface area contributed by atoms with Crippen LogP contribution in [0.5, 0.6) is 0 Å². The Bertz CT molecular complexity index is 456. The Morgan fingerprint density at radius 3 is 2.52 bits per heavy atom. The summed E-state index contributed by atoms with van der Waals surface area (Å²) in [5.41, 5.74) is 1.26. The lowest BCUT2D eigenvalue weighted by Crippen LogP contribution is -2.48. The van der Waals surface area contributed by atoms with Gasteiger partial charge in [-0.05, 0) is 50.0 Å². The van der Waals surface area contributed by atoms with E-state index in [-0.39, 0.29) is 24.7 Å². The highest BCUT2D eigenvalue weighted by Gasteiger charge is 2.22. The molecule has 4 nitrogen and oxygen atoms in total. The number of hydrogen-bond acceptors (Lipinski definition) is 2. The van der Waals surface area contributed by atoms with Gasteiger partial charge >= 0.3 is 6.03 Å². The lowest BCUT2D eigenvalue weighted by molar-refractivity contribution is 0.174. The predicted molar refractivity (Wildman–Crippen MR) is 93.3 cm³/mol. The highest BCUT2D eigenvalue weighted by Crippen LogP contribution is 2.23. The fraction of sp³-hybridized carbons (Fsp3) is 0.632. The van der Waals surface area contributed by atoms with Gasteiger partial charge in [0.2, 0.25) is 0 Å². The second kappa shape index (κ2) is 9.56. The molecule has 0 heterocycles. The van der Waals surface area contributed by atoms with Crippen LogP contribution < -0.4 is 10.6 Å². The summed E-state index contributed by atoms with van der Waals surface area (Å²) in [6.45, 7) is 2.42. The Kier molecular flexibility index (Phi) is 7.40. The SMILES string of the molecule is CCCC(Cc1ccccc1)NC(=O)NC1CCC(CO)CC1. The molecule has 1 fully saturated rings. The fourth-order valence-electron chi connectivity index (χ4n) is 3.37. The van der Waals surface area contributed by atoms with E-state index in [9.17, 15) is 9.90 Å². The van der Waals surface area contributed by atoms with E-state index in [1.807, 2.05) is 18.2 Å². The smallest absolute Gasteiger partial charge is 0.315 e. The molecule has 23 heavy (non-hydrogen) atoms. The van der Waals surface area contributed by atoms with Crippen LogP contribution in [0, 0.1) is 5.92 Å². The van der Waals surface area contributed by atoms with Crippen molar-refractivity contribution in [1.82, 2.24) is 10.6 Å². The minimum absolute atomic E-state index is 0.0492. The van der Waals surface area contributed by atoms with E-state index >= 15 is 0 Å². The molecule has 128 valence electrons. The molecule has 0 aromatic heterocycles. The van der Waals surface area contributed by atoms with E-state index in [0.717, 1.165) is 44.9 Å². The zero-order chi connectivity index (χ0) is 16.5. The van der Waals surface area contributed by atoms with Gasteiger partial charge in [0.25, 0.3) is 0 Å². The molecule has 1 aliphatic rings. The van der Waals surface area contributed by atoms with Crippen molar-refractivity contribution in [2.75, 3.05) is 6.61 Å². The molecular weight excluding hydrogens is 288 g/mol. The maximum Gasteiger partial charge on any atom is 0.315 e. The molecule has 4 heteroatoms. The molecule has 1 atom stereocenters. The summed E-state index contributed by atoms with van der Waals surface area (Å²) in [6.07, 6.45) is 6.86. The zero-order valence-corrected chi connectivity index (χ0v) is 14.1. The van der Waals surface area contributed by atoms with Gasteiger partial charge < -0.3 is 15.7 Å². The minimum Gasteiger partial charge on any atom is -0.396 e. The second-order valence-electron chi connectivity index (χ2n) is 6.69. The van der Waals surface area contributed by atoms with Crippen LogP contribution in [0.3, 0.4) is 0 Å². The summed E-state index contributed by atoms with van der Waals surface area (Å²) in [4.78, 5) is 12.3. The Hall–Kier alpha value is -1.55. The molecule has 0 radical (unpaired) electrons. The molecule has 2 rings (SSSR count). The second-order valence-corrected chi connectivity index (χ2v) is 6.69. The standard InChI is InChI=1S/C19H30N2O2/c1-2-6-18(13-15-7-4-3-5-8-15)21-19(23)20-17-11-9-16(14-22)10-12-17/h3-5,7-8,16-18,22H,2,6,9-14H2,1H3,(H2,20,21,23). The highest BCUT2D eigenvalue weighted by molar-refractivity contribution is 5.74. The first-order valence-corrected chi connectivity index (χ1v) is 8.93. The summed E-state index contributed by atoms with van der Waals surface area (Å²) in [6, 6.07) is 10.7. The molecule has 0 aliphatic heterocycles. The Morgan fingerprint density at radius 1 is 1.22 bits per heavy atom. The minimum atomic E-state index is -0.0492. The third-order valence-corrected chi connectivity index (χ3v) is 4.74. The molecular formula is C19H30N2O2. The van der Waals surface area contributed by atoms with Gasteiger partial charge in [0, 0.05) is 18.7 Å². The van der Waals surface area contributed by atoms with Gasteiger partial charge in [0.15, 0.2) is 0 Å². The highest BCUT2D eigenvalue weighted by atomic mass is 16.3. The molecule has 0 bridgehead atoms. The molecule has 1 aromatic rings. The summed E-state index contributed by atoms with van der Waals surface area (Å²) in [7, 11) is 0. The fourth-order valence-corrected chi connectivity index (χ4v) is 3.37. The number of amides is 2. The van der Waals surface area contributed by atoms with Crippen LogP contribution in [-0.2, 0) is 6.42 Å². The van der Waals surface area contributed by atoms with Crippen LogP contribution in [0.1, 0.15) is 51.0 Å². The summed E-state index contributed by atoms with van der Waals surface area (Å²) in [5, 5.41) is 15.4. The average Bonchev–Trinajstić information content (AvgIpc) is 2.56. The quantitative estimate of drug-likeness (QED) is 0.723. The van der Waals surface area contributed by atoms with E-state index in [2.05, 4.69) is 29.7 Å². The van der Waals surface area contributed by atoms with Crippen molar-refractivity contribution in [1.29, 1.82) is 0 Å². The van der Waals surface area contributed by atoms with E-state index in [4.69, 9.17) is 0 Å². The third kappa shape index (κ3) is 6.22. The number of benzene rings is 1. The van der Waals surface area contributed by atoms with Gasteiger partial charge in [0.1, 0.15) is 0 Å². The number of aliphatic hydroxyl groups is 1. The summed E-state index contributed by atoms with van der Waals surface area (Å²) in [5.74, 6) is 0.419. The lowest BCUT2D eigenvalue weighted by Gasteiger charge is -2.29. The maximum atomic E-state index is 12.3. The van der Waals surface area contributed by atoms with E-state index in [0.29, 0.717) is 5.92 Å². The van der Waals surface area contributed by atoms with E-state index in [1.165, 1.54) is 5.56 Å². The number of nitrogens with one attached hydrogen (secondary N) is 2. The Morgan fingerprint density at radius 2 is 1.91 bits per heavy atom. The number of aliphatic hydroxyl groups excluding tert-OH is 1. The van der Waals surface area contributed by atoms with Crippen molar-refractivity contribution in [3.05, 3.63) is 35.9 Å².